The number of ether oxygens (including phenoxy) is 2. The second-order valence-electron chi connectivity index (χ2n) is 4.08. The van der Waals surface area contributed by atoms with Crippen LogP contribution < -0.4 is 9.47 Å². The average Bonchev–Trinajstić information content (AvgIpc) is 2.35. The van der Waals surface area contributed by atoms with Gasteiger partial charge in [-0.25, -0.2) is 0 Å². The van der Waals surface area contributed by atoms with E-state index in [0.717, 1.165) is 5.56 Å². The zero-order chi connectivity index (χ0) is 13.0. The Morgan fingerprint density at radius 2 is 1.94 bits per heavy atom. The quantitative estimate of drug-likeness (QED) is 0.602. The van der Waals surface area contributed by atoms with Crippen LogP contribution in [0.4, 0.5) is 0 Å². The van der Waals surface area contributed by atoms with Gasteiger partial charge in [-0.1, -0.05) is 12.1 Å². The lowest BCUT2D eigenvalue weighted by molar-refractivity contribution is -0.123. The Kier molecular flexibility index (Phi) is 3.77. The minimum Gasteiger partial charge on any atom is -0.486 e. The molecule has 0 radical (unpaired) electrons. The van der Waals surface area contributed by atoms with Gasteiger partial charge in [-0.3, -0.25) is 9.59 Å². The van der Waals surface area contributed by atoms with Gasteiger partial charge in [0, 0.05) is 0 Å². The average molecular weight is 246 g/mol. The summed E-state index contributed by atoms with van der Waals surface area (Å²) in [5, 5.41) is 0. The molecule has 0 bridgehead atoms. The lowest BCUT2D eigenvalue weighted by Gasteiger charge is -2.18. The van der Waals surface area contributed by atoms with Crippen LogP contribution in [0, 0.1) is 0 Å². The van der Waals surface area contributed by atoms with Crippen molar-refractivity contribution in [3.63, 3.8) is 0 Å². The number of rotatable bonds is 4. The molecule has 1 aromatic rings. The molecule has 0 atom stereocenters. The van der Waals surface area contributed by atoms with Crippen LogP contribution in [-0.2, 0) is 9.59 Å². The normalized spacial score (nSPS) is 13.6. The van der Waals surface area contributed by atoms with Gasteiger partial charge in [0.15, 0.2) is 17.3 Å². The highest BCUT2D eigenvalue weighted by molar-refractivity contribution is 6.05. The van der Waals surface area contributed by atoms with Crippen LogP contribution in [0.2, 0.25) is 0 Å². The summed E-state index contributed by atoms with van der Waals surface area (Å²) in [6.45, 7) is 2.48. The summed E-state index contributed by atoms with van der Waals surface area (Å²) in [5.74, 6) is 1.07. The molecule has 1 aliphatic heterocycles. The van der Waals surface area contributed by atoms with E-state index in [1.54, 1.807) is 6.08 Å². The number of carbonyl (C=O) groups is 2. The summed E-state index contributed by atoms with van der Waals surface area (Å²) in [7, 11) is 0. The Morgan fingerprint density at radius 1 is 1.22 bits per heavy atom. The molecular weight excluding hydrogens is 232 g/mol. The zero-order valence-corrected chi connectivity index (χ0v) is 10.1. The van der Waals surface area contributed by atoms with Gasteiger partial charge in [-0.2, -0.15) is 0 Å². The first-order valence-corrected chi connectivity index (χ1v) is 5.75. The van der Waals surface area contributed by atoms with Crippen LogP contribution in [0.5, 0.6) is 11.5 Å². The molecule has 18 heavy (non-hydrogen) atoms. The molecule has 2 rings (SSSR count). The highest BCUT2D eigenvalue weighted by Crippen LogP contribution is 2.31. The topological polar surface area (TPSA) is 52.6 Å². The van der Waals surface area contributed by atoms with E-state index < -0.39 is 0 Å². The third kappa shape index (κ3) is 3.20. The predicted molar refractivity (Wildman–Crippen MR) is 66.8 cm³/mol. The van der Waals surface area contributed by atoms with Gasteiger partial charge in [0.05, 0.1) is 6.42 Å². The number of allylic oxidation sites excluding steroid dienone is 1. The first kappa shape index (κ1) is 12.4. The van der Waals surface area contributed by atoms with Gasteiger partial charge in [-0.05, 0) is 30.7 Å². The highest BCUT2D eigenvalue weighted by atomic mass is 16.6. The molecule has 0 spiro atoms. The maximum absolute atomic E-state index is 11.4. The molecule has 4 heteroatoms. The van der Waals surface area contributed by atoms with Crippen LogP contribution in [0.15, 0.2) is 24.3 Å². The van der Waals surface area contributed by atoms with Crippen molar-refractivity contribution in [2.45, 2.75) is 13.3 Å². The molecule has 0 fully saturated rings. The molecule has 0 saturated heterocycles. The number of fused-ring (bicyclic) bond motifs is 1. The zero-order valence-electron chi connectivity index (χ0n) is 10.1. The molecule has 1 heterocycles. The van der Waals surface area contributed by atoms with Crippen molar-refractivity contribution < 1.29 is 19.1 Å². The van der Waals surface area contributed by atoms with Crippen molar-refractivity contribution in [1.29, 1.82) is 0 Å². The second kappa shape index (κ2) is 5.49. The van der Waals surface area contributed by atoms with Crippen LogP contribution in [0.3, 0.4) is 0 Å². The maximum Gasteiger partial charge on any atom is 0.163 e. The smallest absolute Gasteiger partial charge is 0.163 e. The molecule has 0 amide bonds. The summed E-state index contributed by atoms with van der Waals surface area (Å²) in [6, 6.07) is 5.46. The summed E-state index contributed by atoms with van der Waals surface area (Å²) in [5.41, 5.74) is 0.844. The van der Waals surface area contributed by atoms with E-state index in [-0.39, 0.29) is 18.0 Å². The van der Waals surface area contributed by atoms with Crippen molar-refractivity contribution in [3.05, 3.63) is 29.8 Å². The first-order valence-electron chi connectivity index (χ1n) is 5.75. The van der Waals surface area contributed by atoms with Crippen molar-refractivity contribution >= 4 is 17.6 Å². The fourth-order valence-corrected chi connectivity index (χ4v) is 1.66. The molecule has 1 aromatic carbocycles. The van der Waals surface area contributed by atoms with Crippen LogP contribution in [0.1, 0.15) is 18.9 Å². The van der Waals surface area contributed by atoms with Gasteiger partial charge in [0.2, 0.25) is 0 Å². The number of hydrogen-bond acceptors (Lipinski definition) is 4. The van der Waals surface area contributed by atoms with E-state index in [0.29, 0.717) is 24.7 Å². The lowest BCUT2D eigenvalue weighted by atomic mass is 10.1. The molecule has 0 aliphatic carbocycles. The Hall–Kier alpha value is -2.10. The van der Waals surface area contributed by atoms with Gasteiger partial charge >= 0.3 is 0 Å². The fraction of sp³-hybridized carbons (Fsp3) is 0.286. The number of hydrogen-bond donors (Lipinski definition) is 0. The second-order valence-corrected chi connectivity index (χ2v) is 4.08. The minimum atomic E-state index is -0.197. The number of Topliss-reactive ketones (excluding diaryl/α,β-unsaturated/α-hetero) is 1. The Morgan fingerprint density at radius 3 is 2.67 bits per heavy atom. The Labute approximate surface area is 105 Å². The molecule has 0 N–H and O–H groups in total. The highest BCUT2D eigenvalue weighted by Gasteiger charge is 2.10. The largest absolute Gasteiger partial charge is 0.486 e. The van der Waals surface area contributed by atoms with Crippen molar-refractivity contribution in [2.75, 3.05) is 13.2 Å². The SMILES string of the molecule is CC(=O)CC(=O)/C=C/c1ccc2c(c1)OCCO2. The summed E-state index contributed by atoms with van der Waals surface area (Å²) >= 11 is 0. The molecule has 1 aliphatic rings. The van der Waals surface area contributed by atoms with E-state index >= 15 is 0 Å². The van der Waals surface area contributed by atoms with Gasteiger partial charge < -0.3 is 9.47 Å². The maximum atomic E-state index is 11.4. The lowest BCUT2D eigenvalue weighted by Crippen LogP contribution is -2.15. The van der Waals surface area contributed by atoms with Crippen LogP contribution in [-0.4, -0.2) is 24.8 Å². The van der Waals surface area contributed by atoms with E-state index in [9.17, 15) is 9.59 Å². The summed E-state index contributed by atoms with van der Waals surface area (Å²) in [4.78, 5) is 22.1. The van der Waals surface area contributed by atoms with Crippen molar-refractivity contribution in [2.24, 2.45) is 0 Å². The van der Waals surface area contributed by atoms with Gasteiger partial charge in [-0.15, -0.1) is 0 Å². The predicted octanol–water partition coefficient (Wildman–Crippen LogP) is 2.02. The minimum absolute atomic E-state index is 0.0545. The third-order valence-corrected chi connectivity index (χ3v) is 2.45. The van der Waals surface area contributed by atoms with Crippen molar-refractivity contribution in [1.82, 2.24) is 0 Å². The number of ketones is 2. The Balaban J connectivity index is 2.08. The van der Waals surface area contributed by atoms with E-state index in [4.69, 9.17) is 9.47 Å². The number of carbonyl (C=O) groups excluding carboxylic acids is 2. The molecular formula is C14H14O4. The molecule has 0 aromatic heterocycles. The van der Waals surface area contributed by atoms with Crippen LogP contribution >= 0.6 is 0 Å². The molecule has 0 unspecified atom stereocenters. The molecule has 4 nitrogen and oxygen atoms in total. The Bertz CT molecular complexity index is 503. The van der Waals surface area contributed by atoms with Crippen LogP contribution in [0.25, 0.3) is 6.08 Å². The fourth-order valence-electron chi connectivity index (χ4n) is 1.66. The van der Waals surface area contributed by atoms with Gasteiger partial charge in [0.1, 0.15) is 19.0 Å². The van der Waals surface area contributed by atoms with Crippen molar-refractivity contribution in [3.8, 4) is 11.5 Å². The molecule has 0 saturated carbocycles. The number of benzene rings is 1. The molecule has 94 valence electrons. The van der Waals surface area contributed by atoms with Gasteiger partial charge in [0.25, 0.3) is 0 Å². The van der Waals surface area contributed by atoms with E-state index in [1.165, 1.54) is 13.0 Å². The third-order valence-electron chi connectivity index (χ3n) is 2.45. The summed E-state index contributed by atoms with van der Waals surface area (Å²) < 4.78 is 10.8. The summed E-state index contributed by atoms with van der Waals surface area (Å²) in [6.07, 6.45) is 3.03. The standard InChI is InChI=1S/C14H14O4/c1-10(15)8-12(16)4-2-11-3-5-13-14(9-11)18-7-6-17-13/h2-5,9H,6-8H2,1H3/b4-2+. The first-order chi connectivity index (χ1) is 8.65. The van der Waals surface area contributed by atoms with E-state index in [1.807, 2.05) is 18.2 Å². The monoisotopic (exact) mass is 246 g/mol. The van der Waals surface area contributed by atoms with E-state index in [2.05, 4.69) is 0 Å².